The number of carbonyl (C=O) groups excluding carboxylic acids is 1. The summed E-state index contributed by atoms with van der Waals surface area (Å²) in [6, 6.07) is 11.0. The molecule has 0 unspecified atom stereocenters. The molecule has 1 aliphatic rings. The van der Waals surface area contributed by atoms with Crippen LogP contribution in [-0.2, 0) is 0 Å². The van der Waals surface area contributed by atoms with E-state index in [1.165, 1.54) is 55.6 Å². The van der Waals surface area contributed by atoms with Gasteiger partial charge in [0.15, 0.2) is 23.2 Å². The maximum atomic E-state index is 14.8. The highest BCUT2D eigenvalue weighted by molar-refractivity contribution is 5.91. The molecule has 3 aromatic carbocycles. The Labute approximate surface area is 201 Å². The second-order valence-electron chi connectivity index (χ2n) is 8.81. The summed E-state index contributed by atoms with van der Waals surface area (Å²) in [7, 11) is 1.24. The van der Waals surface area contributed by atoms with Crippen molar-refractivity contribution < 1.29 is 31.8 Å². The van der Waals surface area contributed by atoms with Crippen molar-refractivity contribution in [1.82, 2.24) is 0 Å². The molecule has 0 N–H and O–H groups in total. The first kappa shape index (κ1) is 24.8. The van der Waals surface area contributed by atoms with Crippen molar-refractivity contribution in [3.63, 3.8) is 0 Å². The summed E-state index contributed by atoms with van der Waals surface area (Å²) in [6.45, 7) is 2.14. The molecule has 0 aliphatic heterocycles. The Kier molecular flexibility index (Phi) is 7.43. The highest BCUT2D eigenvalue weighted by Gasteiger charge is 2.27. The number of rotatable bonds is 6. The van der Waals surface area contributed by atoms with Crippen molar-refractivity contribution in [3.8, 4) is 22.6 Å². The van der Waals surface area contributed by atoms with E-state index < -0.39 is 34.8 Å². The fourth-order valence-corrected chi connectivity index (χ4v) is 4.70. The minimum Gasteiger partial charge on any atom is -0.494 e. The topological polar surface area (TPSA) is 35.5 Å². The van der Waals surface area contributed by atoms with Gasteiger partial charge in [-0.25, -0.2) is 18.0 Å². The van der Waals surface area contributed by atoms with Crippen LogP contribution < -0.4 is 9.47 Å². The summed E-state index contributed by atoms with van der Waals surface area (Å²) in [4.78, 5) is 12.5. The van der Waals surface area contributed by atoms with E-state index in [2.05, 4.69) is 6.92 Å². The summed E-state index contributed by atoms with van der Waals surface area (Å²) in [5.41, 5.74) is 0.133. The maximum Gasteiger partial charge on any atom is 0.346 e. The highest BCUT2D eigenvalue weighted by atomic mass is 19.2. The van der Waals surface area contributed by atoms with Crippen LogP contribution in [0.5, 0.6) is 11.5 Å². The summed E-state index contributed by atoms with van der Waals surface area (Å²) in [5, 5.41) is 0. The lowest BCUT2D eigenvalue weighted by atomic mass is 9.77. The zero-order valence-corrected chi connectivity index (χ0v) is 19.5. The molecular weight excluding hydrogens is 460 g/mol. The van der Waals surface area contributed by atoms with E-state index in [0.717, 1.165) is 32.1 Å². The van der Waals surface area contributed by atoms with E-state index in [1.807, 2.05) is 0 Å². The number of hydrogen-bond donors (Lipinski definition) is 0. The number of hydrogen-bond acceptors (Lipinski definition) is 3. The quantitative estimate of drug-likeness (QED) is 0.202. The molecule has 184 valence electrons. The predicted molar refractivity (Wildman–Crippen MR) is 125 cm³/mol. The van der Waals surface area contributed by atoms with Gasteiger partial charge in [0, 0.05) is 5.56 Å². The molecule has 0 bridgehead atoms. The Morgan fingerprint density at radius 3 is 2.14 bits per heavy atom. The normalized spacial score (nSPS) is 17.8. The minimum atomic E-state index is -1.22. The van der Waals surface area contributed by atoms with Crippen LogP contribution in [0.1, 0.15) is 60.9 Å². The Morgan fingerprint density at radius 1 is 0.829 bits per heavy atom. The van der Waals surface area contributed by atoms with Gasteiger partial charge in [0.25, 0.3) is 0 Å². The summed E-state index contributed by atoms with van der Waals surface area (Å²) in [5.74, 6) is -5.06. The summed E-state index contributed by atoms with van der Waals surface area (Å²) >= 11 is 0. The van der Waals surface area contributed by atoms with Gasteiger partial charge in [-0.2, -0.15) is 4.39 Å². The molecule has 0 atom stereocenters. The second-order valence-corrected chi connectivity index (χ2v) is 8.81. The molecule has 7 heteroatoms. The molecule has 35 heavy (non-hydrogen) atoms. The van der Waals surface area contributed by atoms with Crippen molar-refractivity contribution >= 4 is 5.97 Å². The van der Waals surface area contributed by atoms with Crippen LogP contribution in [0.4, 0.5) is 17.6 Å². The van der Waals surface area contributed by atoms with Crippen molar-refractivity contribution in [2.75, 3.05) is 7.11 Å². The van der Waals surface area contributed by atoms with E-state index in [9.17, 15) is 22.4 Å². The Morgan fingerprint density at radius 2 is 1.51 bits per heavy atom. The summed E-state index contributed by atoms with van der Waals surface area (Å²) < 4.78 is 67.9. The molecule has 1 fully saturated rings. The third-order valence-electron chi connectivity index (χ3n) is 6.84. The number of ether oxygens (including phenoxy) is 2. The van der Waals surface area contributed by atoms with Crippen LogP contribution in [0.25, 0.3) is 11.1 Å². The molecular formula is C28H26F4O3. The van der Waals surface area contributed by atoms with Gasteiger partial charge in [-0.3, -0.25) is 0 Å². The molecule has 3 nitrogen and oxygen atoms in total. The van der Waals surface area contributed by atoms with E-state index in [-0.39, 0.29) is 23.0 Å². The molecule has 3 aromatic rings. The number of halogens is 4. The molecule has 1 aliphatic carbocycles. The van der Waals surface area contributed by atoms with Crippen LogP contribution in [0, 0.1) is 29.2 Å². The zero-order chi connectivity index (χ0) is 25.1. The minimum absolute atomic E-state index is 0.00199. The Bertz CT molecular complexity index is 1220. The van der Waals surface area contributed by atoms with Crippen LogP contribution >= 0.6 is 0 Å². The molecule has 0 radical (unpaired) electrons. The molecule has 1 saturated carbocycles. The largest absolute Gasteiger partial charge is 0.494 e. The van der Waals surface area contributed by atoms with Crippen LogP contribution in [0.2, 0.25) is 0 Å². The number of methoxy groups -OCH3 is 1. The van der Waals surface area contributed by atoms with E-state index in [4.69, 9.17) is 9.47 Å². The monoisotopic (exact) mass is 486 g/mol. The number of esters is 1. The third-order valence-corrected chi connectivity index (χ3v) is 6.84. The van der Waals surface area contributed by atoms with Gasteiger partial charge in [-0.15, -0.1) is 0 Å². The average molecular weight is 487 g/mol. The fourth-order valence-electron chi connectivity index (χ4n) is 4.70. The van der Waals surface area contributed by atoms with Crippen molar-refractivity contribution in [3.05, 3.63) is 82.9 Å². The second kappa shape index (κ2) is 10.5. The standard InChI is InChI=1S/C28H26F4O3/c1-3-16-4-6-17(7-5-16)20-12-13-22(26(31)24(20)29)28(33)35-19-10-8-18(9-11-19)21-14-15-23(34-2)27(32)25(21)30/h8-17H,3-7H2,1-2H3. The molecule has 0 saturated heterocycles. The van der Waals surface area contributed by atoms with Gasteiger partial charge in [-0.1, -0.05) is 31.5 Å². The average Bonchev–Trinajstić information content (AvgIpc) is 2.88. The first-order valence-electron chi connectivity index (χ1n) is 11.7. The van der Waals surface area contributed by atoms with Gasteiger partial charge in [0.1, 0.15) is 5.75 Å². The predicted octanol–water partition coefficient (Wildman–Crippen LogP) is 7.82. The van der Waals surface area contributed by atoms with Gasteiger partial charge in [-0.05, 0) is 79.0 Å². The lowest BCUT2D eigenvalue weighted by molar-refractivity contribution is 0.0728. The van der Waals surface area contributed by atoms with E-state index in [1.54, 1.807) is 0 Å². The SMILES string of the molecule is CCC1CCC(c2ccc(C(=O)Oc3ccc(-c4ccc(OC)c(F)c4F)cc3)c(F)c2F)CC1. The molecule has 0 aromatic heterocycles. The van der Waals surface area contributed by atoms with E-state index >= 15 is 0 Å². The molecule has 4 rings (SSSR count). The lowest BCUT2D eigenvalue weighted by Gasteiger charge is -2.28. The van der Waals surface area contributed by atoms with Crippen LogP contribution in [0.3, 0.4) is 0 Å². The molecule has 0 spiro atoms. The molecule has 0 amide bonds. The van der Waals surface area contributed by atoms with E-state index in [0.29, 0.717) is 17.0 Å². The fraction of sp³-hybridized carbons (Fsp3) is 0.321. The Balaban J connectivity index is 1.48. The lowest BCUT2D eigenvalue weighted by Crippen LogP contribution is -2.16. The van der Waals surface area contributed by atoms with Gasteiger partial charge >= 0.3 is 5.97 Å². The van der Waals surface area contributed by atoms with Gasteiger partial charge in [0.05, 0.1) is 12.7 Å². The van der Waals surface area contributed by atoms with Crippen molar-refractivity contribution in [2.24, 2.45) is 5.92 Å². The number of carbonyl (C=O) groups is 1. The number of benzene rings is 3. The maximum absolute atomic E-state index is 14.8. The van der Waals surface area contributed by atoms with Crippen molar-refractivity contribution in [2.45, 2.75) is 44.9 Å². The van der Waals surface area contributed by atoms with Gasteiger partial charge in [0.2, 0.25) is 5.82 Å². The first-order valence-corrected chi connectivity index (χ1v) is 11.7. The molecule has 0 heterocycles. The zero-order valence-electron chi connectivity index (χ0n) is 19.5. The summed E-state index contributed by atoms with van der Waals surface area (Å²) in [6.07, 6.45) is 4.64. The Hall–Kier alpha value is -3.35. The van der Waals surface area contributed by atoms with Crippen molar-refractivity contribution in [1.29, 1.82) is 0 Å². The van der Waals surface area contributed by atoms with Crippen LogP contribution in [0.15, 0.2) is 48.5 Å². The van der Waals surface area contributed by atoms with Gasteiger partial charge < -0.3 is 9.47 Å². The van der Waals surface area contributed by atoms with Crippen LogP contribution in [-0.4, -0.2) is 13.1 Å². The first-order chi connectivity index (χ1) is 16.8. The smallest absolute Gasteiger partial charge is 0.346 e. The highest BCUT2D eigenvalue weighted by Crippen LogP contribution is 2.39. The third kappa shape index (κ3) is 5.04.